The van der Waals surface area contributed by atoms with Gasteiger partial charge in [-0.2, -0.15) is 0 Å². The van der Waals surface area contributed by atoms with Gasteiger partial charge in [0.2, 0.25) is 5.91 Å². The van der Waals surface area contributed by atoms with Gasteiger partial charge >= 0.3 is 0 Å². The molecule has 0 aliphatic rings. The van der Waals surface area contributed by atoms with E-state index in [1.54, 1.807) is 36.0 Å². The number of benzene rings is 1. The molecule has 2 rings (SSSR count). The van der Waals surface area contributed by atoms with Gasteiger partial charge in [-0.3, -0.25) is 20.4 Å². The van der Waals surface area contributed by atoms with Crippen molar-refractivity contribution >= 4 is 50.9 Å². The zero-order valence-corrected chi connectivity index (χ0v) is 15.3. The van der Waals surface area contributed by atoms with Crippen molar-refractivity contribution in [1.82, 2.24) is 15.4 Å². The highest BCUT2D eigenvalue weighted by Gasteiger charge is 2.12. The molecular formula is C15H14BrCl2N3O2. The van der Waals surface area contributed by atoms with Crippen LogP contribution in [0.3, 0.4) is 0 Å². The molecule has 122 valence electrons. The molecular weight excluding hydrogens is 405 g/mol. The molecule has 0 aliphatic heterocycles. The Hall–Kier alpha value is -1.50. The van der Waals surface area contributed by atoms with Crippen molar-refractivity contribution in [3.05, 3.63) is 56.2 Å². The monoisotopic (exact) mass is 417 g/mol. The van der Waals surface area contributed by atoms with Crippen LogP contribution in [-0.2, 0) is 18.3 Å². The molecule has 0 aliphatic carbocycles. The van der Waals surface area contributed by atoms with Gasteiger partial charge in [0.15, 0.2) is 0 Å². The largest absolute Gasteiger partial charge is 0.345 e. The highest BCUT2D eigenvalue weighted by Crippen LogP contribution is 2.26. The third-order valence-corrected chi connectivity index (χ3v) is 4.46. The summed E-state index contributed by atoms with van der Waals surface area (Å²) in [6.07, 6.45) is 2.35. The fourth-order valence-corrected chi connectivity index (χ4v) is 2.93. The molecule has 0 saturated heterocycles. The van der Waals surface area contributed by atoms with Crippen LogP contribution in [0, 0.1) is 0 Å². The summed E-state index contributed by atoms with van der Waals surface area (Å²) in [4.78, 5) is 23.8. The molecule has 0 spiro atoms. The Bertz CT molecular complexity index is 746. The SMILES string of the molecule is Cn1cc(Br)cc1C(=O)NNC(=O)CCc1cccc(Cl)c1Cl. The minimum atomic E-state index is -0.396. The Morgan fingerprint density at radius 3 is 2.65 bits per heavy atom. The van der Waals surface area contributed by atoms with Crippen LogP contribution in [0.5, 0.6) is 0 Å². The van der Waals surface area contributed by atoms with Crippen LogP contribution in [0.2, 0.25) is 10.0 Å². The van der Waals surface area contributed by atoms with Gasteiger partial charge in [0.1, 0.15) is 5.69 Å². The Kier molecular flexibility index (Phi) is 6.10. The van der Waals surface area contributed by atoms with Crippen molar-refractivity contribution in [2.24, 2.45) is 7.05 Å². The fourth-order valence-electron chi connectivity index (χ4n) is 1.99. The van der Waals surface area contributed by atoms with E-state index in [1.807, 2.05) is 6.07 Å². The lowest BCUT2D eigenvalue weighted by molar-refractivity contribution is -0.121. The molecule has 1 aromatic carbocycles. The van der Waals surface area contributed by atoms with Crippen LogP contribution in [0.15, 0.2) is 34.9 Å². The number of aromatic nitrogens is 1. The number of carbonyl (C=O) groups excluding carboxylic acids is 2. The molecule has 1 heterocycles. The number of amides is 2. The van der Waals surface area contributed by atoms with E-state index in [9.17, 15) is 9.59 Å². The van der Waals surface area contributed by atoms with E-state index in [-0.39, 0.29) is 12.3 Å². The molecule has 0 fully saturated rings. The number of nitrogens with zero attached hydrogens (tertiary/aromatic N) is 1. The second kappa shape index (κ2) is 7.86. The predicted octanol–water partition coefficient (Wildman–Crippen LogP) is 3.49. The van der Waals surface area contributed by atoms with Crippen LogP contribution >= 0.6 is 39.1 Å². The van der Waals surface area contributed by atoms with E-state index >= 15 is 0 Å². The normalized spacial score (nSPS) is 10.4. The van der Waals surface area contributed by atoms with Gasteiger partial charge in [-0.25, -0.2) is 0 Å². The Morgan fingerprint density at radius 1 is 1.26 bits per heavy atom. The first-order valence-corrected chi connectivity index (χ1v) is 8.27. The summed E-state index contributed by atoms with van der Waals surface area (Å²) in [5.74, 6) is -0.713. The molecule has 0 atom stereocenters. The summed E-state index contributed by atoms with van der Waals surface area (Å²) in [6, 6.07) is 6.93. The van der Waals surface area contributed by atoms with Gasteiger partial charge < -0.3 is 4.57 Å². The molecule has 0 unspecified atom stereocenters. The Morgan fingerprint density at radius 2 is 2.00 bits per heavy atom. The molecule has 0 bridgehead atoms. The average molecular weight is 419 g/mol. The van der Waals surface area contributed by atoms with E-state index in [0.717, 1.165) is 10.0 Å². The zero-order valence-electron chi connectivity index (χ0n) is 12.2. The van der Waals surface area contributed by atoms with Crippen LogP contribution in [0.1, 0.15) is 22.5 Å². The first-order chi connectivity index (χ1) is 10.9. The van der Waals surface area contributed by atoms with Gasteiger partial charge in [-0.1, -0.05) is 35.3 Å². The van der Waals surface area contributed by atoms with E-state index in [0.29, 0.717) is 22.2 Å². The molecule has 2 aromatic rings. The third-order valence-electron chi connectivity index (χ3n) is 3.17. The summed E-state index contributed by atoms with van der Waals surface area (Å²) in [6.45, 7) is 0. The van der Waals surface area contributed by atoms with Crippen LogP contribution in [0.25, 0.3) is 0 Å². The molecule has 2 N–H and O–H groups in total. The fraction of sp³-hybridized carbons (Fsp3) is 0.200. The van der Waals surface area contributed by atoms with Crippen molar-refractivity contribution in [3.8, 4) is 0 Å². The average Bonchev–Trinajstić information content (AvgIpc) is 2.85. The number of halogens is 3. The second-order valence-electron chi connectivity index (χ2n) is 4.87. The minimum absolute atomic E-state index is 0.178. The van der Waals surface area contributed by atoms with Crippen LogP contribution in [-0.4, -0.2) is 16.4 Å². The summed E-state index contributed by atoms with van der Waals surface area (Å²) < 4.78 is 2.43. The van der Waals surface area contributed by atoms with Crippen molar-refractivity contribution in [2.45, 2.75) is 12.8 Å². The molecule has 5 nitrogen and oxygen atoms in total. The number of rotatable bonds is 4. The number of hydrogen-bond acceptors (Lipinski definition) is 2. The summed E-state index contributed by atoms with van der Waals surface area (Å²) >= 11 is 15.3. The van der Waals surface area contributed by atoms with Gasteiger partial charge in [0, 0.05) is 24.1 Å². The molecule has 2 amide bonds. The molecule has 8 heteroatoms. The van der Waals surface area contributed by atoms with Gasteiger partial charge in [-0.05, 0) is 40.0 Å². The topological polar surface area (TPSA) is 63.1 Å². The van der Waals surface area contributed by atoms with E-state index in [1.165, 1.54) is 0 Å². The lowest BCUT2D eigenvalue weighted by atomic mass is 10.1. The number of hydrazine groups is 1. The van der Waals surface area contributed by atoms with E-state index in [2.05, 4.69) is 26.8 Å². The predicted molar refractivity (Wildman–Crippen MR) is 93.5 cm³/mol. The third kappa shape index (κ3) is 4.73. The van der Waals surface area contributed by atoms with Crippen LogP contribution in [0.4, 0.5) is 0 Å². The van der Waals surface area contributed by atoms with E-state index < -0.39 is 5.91 Å². The van der Waals surface area contributed by atoms with Crippen molar-refractivity contribution in [2.75, 3.05) is 0 Å². The second-order valence-corrected chi connectivity index (χ2v) is 6.57. The number of nitrogens with one attached hydrogen (secondary N) is 2. The van der Waals surface area contributed by atoms with Crippen molar-refractivity contribution in [3.63, 3.8) is 0 Å². The molecule has 23 heavy (non-hydrogen) atoms. The molecule has 0 radical (unpaired) electrons. The standard InChI is InChI=1S/C15H14BrCl2N3O2/c1-21-8-10(16)7-12(21)15(23)20-19-13(22)6-5-9-3-2-4-11(17)14(9)18/h2-4,7-8H,5-6H2,1H3,(H,19,22)(H,20,23). The van der Waals surface area contributed by atoms with Crippen molar-refractivity contribution in [1.29, 1.82) is 0 Å². The van der Waals surface area contributed by atoms with Crippen LogP contribution < -0.4 is 10.9 Å². The lowest BCUT2D eigenvalue weighted by Gasteiger charge is -2.09. The first kappa shape index (κ1) is 17.8. The van der Waals surface area contributed by atoms with Gasteiger partial charge in [-0.15, -0.1) is 0 Å². The summed E-state index contributed by atoms with van der Waals surface area (Å²) in [5.41, 5.74) is 5.96. The minimum Gasteiger partial charge on any atom is -0.345 e. The summed E-state index contributed by atoms with van der Waals surface area (Å²) in [5, 5.41) is 0.895. The summed E-state index contributed by atoms with van der Waals surface area (Å²) in [7, 11) is 1.74. The lowest BCUT2D eigenvalue weighted by Crippen LogP contribution is -2.42. The van der Waals surface area contributed by atoms with E-state index in [4.69, 9.17) is 23.2 Å². The molecule has 1 aromatic heterocycles. The Labute approximate surface area is 152 Å². The maximum Gasteiger partial charge on any atom is 0.286 e. The first-order valence-electron chi connectivity index (χ1n) is 6.72. The number of carbonyl (C=O) groups is 2. The van der Waals surface area contributed by atoms with Crippen molar-refractivity contribution < 1.29 is 9.59 Å². The van der Waals surface area contributed by atoms with Gasteiger partial charge in [0.25, 0.3) is 5.91 Å². The number of hydrogen-bond donors (Lipinski definition) is 2. The highest BCUT2D eigenvalue weighted by atomic mass is 79.9. The maximum atomic E-state index is 12.0. The molecule has 0 saturated carbocycles. The zero-order chi connectivity index (χ0) is 17.0. The number of aryl methyl sites for hydroxylation is 2. The van der Waals surface area contributed by atoms with Gasteiger partial charge in [0.05, 0.1) is 10.0 Å². The quantitative estimate of drug-likeness (QED) is 0.746. The smallest absolute Gasteiger partial charge is 0.286 e. The highest BCUT2D eigenvalue weighted by molar-refractivity contribution is 9.10. The maximum absolute atomic E-state index is 12.0. The Balaban J connectivity index is 1.84.